The number of halogens is 1. The van der Waals surface area contributed by atoms with E-state index < -0.39 is 0 Å². The van der Waals surface area contributed by atoms with Crippen molar-refractivity contribution >= 4 is 22.9 Å². The van der Waals surface area contributed by atoms with Crippen LogP contribution >= 0.6 is 22.9 Å². The van der Waals surface area contributed by atoms with Crippen molar-refractivity contribution in [2.24, 2.45) is 0 Å². The molecule has 0 saturated heterocycles. The van der Waals surface area contributed by atoms with Gasteiger partial charge in [-0.2, -0.15) is 0 Å². The average Bonchev–Trinajstić information content (AvgIpc) is 3.08. The van der Waals surface area contributed by atoms with Gasteiger partial charge in [-0.25, -0.2) is 0 Å². The molecule has 94 valence electrons. The second-order valence-electron chi connectivity index (χ2n) is 4.33. The summed E-state index contributed by atoms with van der Waals surface area (Å²) in [5.74, 6) is 0. The molecule has 18 heavy (non-hydrogen) atoms. The molecule has 1 aliphatic rings. The van der Waals surface area contributed by atoms with Gasteiger partial charge in [0.1, 0.15) is 10.0 Å². The molecule has 0 bridgehead atoms. The highest BCUT2D eigenvalue weighted by molar-refractivity contribution is 7.14. The van der Waals surface area contributed by atoms with Crippen molar-refractivity contribution < 1.29 is 0 Å². The maximum absolute atomic E-state index is 6.09. The first kappa shape index (κ1) is 12.0. The molecule has 0 radical (unpaired) electrons. The van der Waals surface area contributed by atoms with Crippen LogP contribution in [0.3, 0.4) is 0 Å². The van der Waals surface area contributed by atoms with Crippen LogP contribution in [0.4, 0.5) is 0 Å². The summed E-state index contributed by atoms with van der Waals surface area (Å²) < 4.78 is 0. The van der Waals surface area contributed by atoms with E-state index in [1.807, 2.05) is 6.07 Å². The molecule has 1 fully saturated rings. The van der Waals surface area contributed by atoms with Crippen molar-refractivity contribution in [3.63, 3.8) is 0 Å². The molecule has 0 aliphatic heterocycles. The molecular formula is C12H13ClN4S. The van der Waals surface area contributed by atoms with E-state index in [1.54, 1.807) is 23.7 Å². The summed E-state index contributed by atoms with van der Waals surface area (Å²) in [5.41, 5.74) is 0.908. The molecule has 2 aromatic rings. The Morgan fingerprint density at radius 3 is 3.06 bits per heavy atom. The second kappa shape index (κ2) is 5.30. The lowest BCUT2D eigenvalue weighted by Gasteiger charge is -1.98. The quantitative estimate of drug-likeness (QED) is 0.914. The molecule has 1 saturated carbocycles. The van der Waals surface area contributed by atoms with Crippen molar-refractivity contribution in [1.82, 2.24) is 20.5 Å². The molecule has 0 atom stereocenters. The fourth-order valence-electron chi connectivity index (χ4n) is 1.68. The molecule has 1 N–H and O–H groups in total. The Labute approximate surface area is 114 Å². The zero-order chi connectivity index (χ0) is 12.4. The lowest BCUT2D eigenvalue weighted by Crippen LogP contribution is -2.19. The van der Waals surface area contributed by atoms with Crippen molar-refractivity contribution in [2.75, 3.05) is 6.54 Å². The highest BCUT2D eigenvalue weighted by Crippen LogP contribution is 2.29. The van der Waals surface area contributed by atoms with Crippen LogP contribution < -0.4 is 5.32 Å². The fraction of sp³-hybridized carbons (Fsp3) is 0.417. The van der Waals surface area contributed by atoms with Crippen molar-refractivity contribution in [3.8, 4) is 10.6 Å². The van der Waals surface area contributed by atoms with Gasteiger partial charge in [0.2, 0.25) is 0 Å². The van der Waals surface area contributed by atoms with Gasteiger partial charge in [0.15, 0.2) is 0 Å². The van der Waals surface area contributed by atoms with Crippen molar-refractivity contribution in [3.05, 3.63) is 28.5 Å². The topological polar surface area (TPSA) is 50.7 Å². The zero-order valence-electron chi connectivity index (χ0n) is 9.77. The second-order valence-corrected chi connectivity index (χ2v) is 5.80. The Morgan fingerprint density at radius 2 is 2.28 bits per heavy atom. The summed E-state index contributed by atoms with van der Waals surface area (Å²) in [7, 11) is 0. The standard InChI is InChI=1S/C12H13ClN4S/c13-10-7-14-5-3-9(10)12-17-16-11(18-12)4-6-15-8-1-2-8/h3,5,7-8,15H,1-2,4,6H2. The molecule has 0 spiro atoms. The number of nitrogens with one attached hydrogen (secondary N) is 1. The van der Waals surface area contributed by atoms with E-state index in [9.17, 15) is 0 Å². The number of aromatic nitrogens is 3. The molecule has 4 nitrogen and oxygen atoms in total. The highest BCUT2D eigenvalue weighted by atomic mass is 35.5. The minimum absolute atomic E-state index is 0.622. The lowest BCUT2D eigenvalue weighted by molar-refractivity contribution is 0.677. The number of hydrogen-bond acceptors (Lipinski definition) is 5. The van der Waals surface area contributed by atoms with Crippen LogP contribution in [-0.4, -0.2) is 27.8 Å². The molecule has 0 aromatic carbocycles. The maximum Gasteiger partial charge on any atom is 0.149 e. The summed E-state index contributed by atoms with van der Waals surface area (Å²) in [6, 6.07) is 2.61. The minimum atomic E-state index is 0.622. The number of nitrogens with zero attached hydrogens (tertiary/aromatic N) is 3. The van der Waals surface area contributed by atoms with E-state index in [-0.39, 0.29) is 0 Å². The molecule has 6 heteroatoms. The van der Waals surface area contributed by atoms with Gasteiger partial charge in [-0.3, -0.25) is 4.98 Å². The SMILES string of the molecule is Clc1cnccc1-c1nnc(CCNC2CC2)s1. The van der Waals surface area contributed by atoms with Crippen LogP contribution in [0.2, 0.25) is 5.02 Å². The van der Waals surface area contributed by atoms with Crippen LogP contribution in [0.25, 0.3) is 10.6 Å². The summed E-state index contributed by atoms with van der Waals surface area (Å²) in [6.45, 7) is 0.976. The third-order valence-electron chi connectivity index (χ3n) is 2.82. The third kappa shape index (κ3) is 2.85. The fourth-order valence-corrected chi connectivity index (χ4v) is 2.83. The average molecular weight is 281 g/mol. The van der Waals surface area contributed by atoms with Crippen molar-refractivity contribution in [2.45, 2.75) is 25.3 Å². The highest BCUT2D eigenvalue weighted by Gasteiger charge is 2.20. The monoisotopic (exact) mass is 280 g/mol. The van der Waals surface area contributed by atoms with Gasteiger partial charge in [0, 0.05) is 37.0 Å². The van der Waals surface area contributed by atoms with Crippen LogP contribution in [0.5, 0.6) is 0 Å². The zero-order valence-corrected chi connectivity index (χ0v) is 11.3. The van der Waals surface area contributed by atoms with Gasteiger partial charge in [0.05, 0.1) is 5.02 Å². The van der Waals surface area contributed by atoms with Crippen LogP contribution in [0.15, 0.2) is 18.5 Å². The Balaban J connectivity index is 1.66. The van der Waals surface area contributed by atoms with Crippen LogP contribution in [0.1, 0.15) is 17.8 Å². The van der Waals surface area contributed by atoms with Gasteiger partial charge >= 0.3 is 0 Å². The van der Waals surface area contributed by atoms with E-state index in [4.69, 9.17) is 11.6 Å². The Kier molecular flexibility index (Phi) is 3.54. The maximum atomic E-state index is 6.09. The Bertz CT molecular complexity index is 538. The normalized spacial score (nSPS) is 14.9. The van der Waals surface area contributed by atoms with Crippen molar-refractivity contribution in [1.29, 1.82) is 0 Å². The number of hydrogen-bond donors (Lipinski definition) is 1. The van der Waals surface area contributed by atoms with Gasteiger partial charge < -0.3 is 5.32 Å². The predicted octanol–water partition coefficient (Wildman–Crippen LogP) is 2.55. The summed E-state index contributed by atoms with van der Waals surface area (Å²) in [4.78, 5) is 3.97. The molecule has 2 aromatic heterocycles. The number of rotatable bonds is 5. The van der Waals surface area contributed by atoms with Crippen LogP contribution in [0, 0.1) is 0 Å². The van der Waals surface area contributed by atoms with Gasteiger partial charge in [-0.05, 0) is 18.9 Å². The van der Waals surface area contributed by atoms with E-state index in [0.717, 1.165) is 34.6 Å². The van der Waals surface area contributed by atoms with E-state index >= 15 is 0 Å². The van der Waals surface area contributed by atoms with Gasteiger partial charge in [0.25, 0.3) is 0 Å². The van der Waals surface area contributed by atoms with Crippen LogP contribution in [-0.2, 0) is 6.42 Å². The molecular weight excluding hydrogens is 268 g/mol. The predicted molar refractivity (Wildman–Crippen MR) is 72.9 cm³/mol. The number of pyridine rings is 1. The largest absolute Gasteiger partial charge is 0.314 e. The Morgan fingerprint density at radius 1 is 1.39 bits per heavy atom. The molecule has 0 unspecified atom stereocenters. The van der Waals surface area contributed by atoms with E-state index in [1.165, 1.54) is 12.8 Å². The summed E-state index contributed by atoms with van der Waals surface area (Å²) in [6.07, 6.45) is 6.91. The van der Waals surface area contributed by atoms with Gasteiger partial charge in [-0.1, -0.05) is 22.9 Å². The molecule has 2 heterocycles. The van der Waals surface area contributed by atoms with Gasteiger partial charge in [-0.15, -0.1) is 10.2 Å². The first-order valence-corrected chi connectivity index (χ1v) is 7.18. The smallest absolute Gasteiger partial charge is 0.149 e. The van der Waals surface area contributed by atoms with E-state index in [2.05, 4.69) is 20.5 Å². The molecule has 1 aliphatic carbocycles. The third-order valence-corrected chi connectivity index (χ3v) is 4.14. The lowest BCUT2D eigenvalue weighted by atomic mass is 10.3. The summed E-state index contributed by atoms with van der Waals surface area (Å²) in [5, 5.41) is 14.4. The Hall–Kier alpha value is -1.04. The molecule has 0 amide bonds. The summed E-state index contributed by atoms with van der Waals surface area (Å²) >= 11 is 7.68. The minimum Gasteiger partial charge on any atom is -0.314 e. The first-order chi connectivity index (χ1) is 8.83. The first-order valence-electron chi connectivity index (χ1n) is 5.98. The van der Waals surface area contributed by atoms with E-state index in [0.29, 0.717) is 5.02 Å². The molecule has 3 rings (SSSR count).